The van der Waals surface area contributed by atoms with Gasteiger partial charge >= 0.3 is 5.97 Å². The SMILES string of the molecule is CCOC(=O)CCC(c1ccncc1)c1ccc(-[n+]2ccc(-c3cc[n+](Cc4ccc(C[n+]5ccc(-c6ccc(-c7ccncc7)cc6)cc5)cc4)cc3)cc2)cc1. The molecule has 0 aliphatic heterocycles. The topological polar surface area (TPSA) is 63.7 Å². The molecule has 5 heterocycles. The highest BCUT2D eigenvalue weighted by Gasteiger charge is 2.18. The van der Waals surface area contributed by atoms with Crippen LogP contribution in [0.25, 0.3) is 39.1 Å². The summed E-state index contributed by atoms with van der Waals surface area (Å²) in [5.74, 6) is -0.0840. The summed E-state index contributed by atoms with van der Waals surface area (Å²) >= 11 is 0. The highest BCUT2D eigenvalue weighted by molar-refractivity contribution is 5.70. The molecule has 0 radical (unpaired) electrons. The number of carbonyl (C=O) groups is 1. The van der Waals surface area contributed by atoms with Crippen LogP contribution in [0.4, 0.5) is 0 Å². The third-order valence-electron chi connectivity index (χ3n) is 10.6. The van der Waals surface area contributed by atoms with Gasteiger partial charge in [0.25, 0.3) is 0 Å². The normalized spacial score (nSPS) is 11.5. The van der Waals surface area contributed by atoms with Crippen LogP contribution in [0.15, 0.2) is 195 Å². The molecule has 7 nitrogen and oxygen atoms in total. The fourth-order valence-corrected chi connectivity index (χ4v) is 7.37. The van der Waals surface area contributed by atoms with E-state index in [1.807, 2.05) is 43.6 Å². The molecule has 284 valence electrons. The van der Waals surface area contributed by atoms with Crippen molar-refractivity contribution in [3.63, 3.8) is 0 Å². The molecule has 0 saturated heterocycles. The van der Waals surface area contributed by atoms with E-state index in [-0.39, 0.29) is 11.9 Å². The van der Waals surface area contributed by atoms with Crippen molar-refractivity contribution in [2.24, 2.45) is 0 Å². The molecule has 0 saturated carbocycles. The molecule has 8 aromatic rings. The van der Waals surface area contributed by atoms with Gasteiger partial charge in [-0.05, 0) is 82.1 Å². The van der Waals surface area contributed by atoms with Gasteiger partial charge in [0.15, 0.2) is 50.3 Å². The number of nitrogens with zero attached hydrogens (tertiary/aromatic N) is 5. The lowest BCUT2D eigenvalue weighted by molar-refractivity contribution is -0.688. The molecular formula is C51H46N5O2+3. The number of esters is 1. The van der Waals surface area contributed by atoms with Crippen molar-refractivity contribution in [1.29, 1.82) is 0 Å². The van der Waals surface area contributed by atoms with E-state index in [1.54, 1.807) is 12.4 Å². The molecule has 0 aliphatic rings. The van der Waals surface area contributed by atoms with Crippen LogP contribution < -0.4 is 13.7 Å². The first-order chi connectivity index (χ1) is 28.6. The smallest absolute Gasteiger partial charge is 0.305 e. The molecule has 8 rings (SSSR count). The van der Waals surface area contributed by atoms with Gasteiger partial charge in [0.05, 0.1) is 6.61 Å². The highest BCUT2D eigenvalue weighted by atomic mass is 16.5. The monoisotopic (exact) mass is 760 g/mol. The average molecular weight is 761 g/mol. The van der Waals surface area contributed by atoms with Crippen molar-refractivity contribution in [2.75, 3.05) is 6.61 Å². The van der Waals surface area contributed by atoms with Crippen LogP contribution in [-0.4, -0.2) is 22.5 Å². The van der Waals surface area contributed by atoms with E-state index in [0.29, 0.717) is 19.4 Å². The summed E-state index contributed by atoms with van der Waals surface area (Å²) in [7, 11) is 0. The first kappa shape index (κ1) is 37.8. The van der Waals surface area contributed by atoms with Crippen molar-refractivity contribution < 1.29 is 23.2 Å². The number of hydrogen-bond donors (Lipinski definition) is 0. The number of pyridine rings is 5. The largest absolute Gasteiger partial charge is 0.466 e. The van der Waals surface area contributed by atoms with E-state index in [4.69, 9.17) is 4.74 Å². The Morgan fingerprint density at radius 2 is 0.914 bits per heavy atom. The molecule has 3 aromatic carbocycles. The molecule has 1 atom stereocenters. The molecule has 0 fully saturated rings. The standard InChI is InChI=1S/C51H46N5O2/c1-2-58-51(57)16-15-50(48-19-29-53-30-20-48)47-11-13-49(14-12-47)56-35-25-46(26-36-56)45-23-33-55(34-24-45)38-40-5-3-39(4-6-40)37-54-31-21-44(22-32-54)42-9-7-41(8-10-42)43-17-27-52-28-18-43/h3-14,17-36,50H,2,15-16,37-38H2,1H3/q+3. The number of benzene rings is 3. The summed E-state index contributed by atoms with van der Waals surface area (Å²) < 4.78 is 11.8. The van der Waals surface area contributed by atoms with Gasteiger partial charge < -0.3 is 4.74 Å². The van der Waals surface area contributed by atoms with Crippen molar-refractivity contribution in [1.82, 2.24) is 9.97 Å². The predicted octanol–water partition coefficient (Wildman–Crippen LogP) is 8.90. The molecule has 0 N–H and O–H groups in total. The summed E-state index contributed by atoms with van der Waals surface area (Å²) in [5.41, 5.74) is 13.0. The van der Waals surface area contributed by atoms with Crippen molar-refractivity contribution in [2.45, 2.75) is 38.8 Å². The highest BCUT2D eigenvalue weighted by Crippen LogP contribution is 2.30. The molecule has 1 unspecified atom stereocenters. The first-order valence-electron chi connectivity index (χ1n) is 19.8. The molecule has 58 heavy (non-hydrogen) atoms. The van der Waals surface area contributed by atoms with Crippen LogP contribution in [0.2, 0.25) is 0 Å². The van der Waals surface area contributed by atoms with E-state index < -0.39 is 0 Å². The van der Waals surface area contributed by atoms with Crippen LogP contribution in [0.5, 0.6) is 0 Å². The minimum atomic E-state index is -0.165. The summed E-state index contributed by atoms with van der Waals surface area (Å²) in [6, 6.07) is 47.3. The van der Waals surface area contributed by atoms with Gasteiger partial charge in [0.2, 0.25) is 5.69 Å². The van der Waals surface area contributed by atoms with E-state index in [9.17, 15) is 4.79 Å². The predicted molar refractivity (Wildman–Crippen MR) is 226 cm³/mol. The summed E-state index contributed by atoms with van der Waals surface area (Å²) in [6.07, 6.45) is 21.1. The van der Waals surface area contributed by atoms with Crippen molar-refractivity contribution in [3.05, 3.63) is 218 Å². The molecule has 5 aromatic heterocycles. The van der Waals surface area contributed by atoms with Crippen LogP contribution in [0.1, 0.15) is 47.9 Å². The van der Waals surface area contributed by atoms with Gasteiger partial charge in [-0.2, -0.15) is 4.57 Å². The number of ether oxygens (including phenoxy) is 1. The minimum absolute atomic E-state index is 0.0808. The van der Waals surface area contributed by atoms with Crippen LogP contribution >= 0.6 is 0 Å². The second-order valence-corrected chi connectivity index (χ2v) is 14.4. The summed E-state index contributed by atoms with van der Waals surface area (Å²) in [5, 5.41) is 0. The Morgan fingerprint density at radius 3 is 1.40 bits per heavy atom. The molecule has 0 amide bonds. The quantitative estimate of drug-likeness (QED) is 0.0821. The van der Waals surface area contributed by atoms with E-state index in [1.165, 1.54) is 38.9 Å². The number of rotatable bonds is 14. The van der Waals surface area contributed by atoms with Crippen LogP contribution in [0, 0.1) is 0 Å². The number of aromatic nitrogens is 5. The fraction of sp³-hybridized carbons (Fsp3) is 0.137. The van der Waals surface area contributed by atoms with Gasteiger partial charge in [0.1, 0.15) is 0 Å². The molecule has 0 bridgehead atoms. The second kappa shape index (κ2) is 18.2. The Balaban J connectivity index is 0.850. The molecule has 0 aliphatic carbocycles. The number of carbonyl (C=O) groups excluding carboxylic acids is 1. The van der Waals surface area contributed by atoms with E-state index in [2.05, 4.69) is 170 Å². The molecular weight excluding hydrogens is 715 g/mol. The van der Waals surface area contributed by atoms with Crippen molar-refractivity contribution >= 4 is 5.97 Å². The zero-order chi connectivity index (χ0) is 39.5. The van der Waals surface area contributed by atoms with Crippen molar-refractivity contribution in [3.8, 4) is 39.1 Å². The maximum Gasteiger partial charge on any atom is 0.305 e. The van der Waals surface area contributed by atoms with Crippen LogP contribution in [0.3, 0.4) is 0 Å². The fourth-order valence-electron chi connectivity index (χ4n) is 7.37. The molecule has 7 heteroatoms. The van der Waals surface area contributed by atoms with Crippen LogP contribution in [-0.2, 0) is 22.6 Å². The Kier molecular flexibility index (Phi) is 11.9. The summed E-state index contributed by atoms with van der Waals surface area (Å²) in [4.78, 5) is 20.5. The third kappa shape index (κ3) is 9.45. The molecule has 0 spiro atoms. The Bertz CT molecular complexity index is 2530. The van der Waals surface area contributed by atoms with Gasteiger partial charge in [-0.15, -0.1) is 0 Å². The lowest BCUT2D eigenvalue weighted by Gasteiger charge is -2.17. The third-order valence-corrected chi connectivity index (χ3v) is 10.6. The second-order valence-electron chi connectivity index (χ2n) is 14.4. The van der Waals surface area contributed by atoms with E-state index >= 15 is 0 Å². The number of hydrogen-bond acceptors (Lipinski definition) is 4. The zero-order valence-corrected chi connectivity index (χ0v) is 32.6. The van der Waals surface area contributed by atoms with Gasteiger partial charge in [0, 0.05) is 96.8 Å². The zero-order valence-electron chi connectivity index (χ0n) is 32.6. The van der Waals surface area contributed by atoms with E-state index in [0.717, 1.165) is 35.5 Å². The Labute approximate surface area is 340 Å². The van der Waals surface area contributed by atoms with Gasteiger partial charge in [-0.1, -0.05) is 60.7 Å². The Hall–Kier alpha value is -7.12. The maximum atomic E-state index is 12.2. The lowest BCUT2D eigenvalue weighted by atomic mass is 9.88. The first-order valence-corrected chi connectivity index (χ1v) is 19.8. The minimum Gasteiger partial charge on any atom is -0.466 e. The van der Waals surface area contributed by atoms with Gasteiger partial charge in [-0.25, -0.2) is 9.13 Å². The van der Waals surface area contributed by atoms with Gasteiger partial charge in [-0.3, -0.25) is 14.8 Å². The summed E-state index contributed by atoms with van der Waals surface area (Å²) in [6.45, 7) is 3.85. The Morgan fingerprint density at radius 1 is 0.500 bits per heavy atom. The maximum absolute atomic E-state index is 12.2. The lowest BCUT2D eigenvalue weighted by Crippen LogP contribution is -2.34. The average Bonchev–Trinajstić information content (AvgIpc) is 3.29.